The Morgan fingerprint density at radius 2 is 2.04 bits per heavy atom. The molecule has 0 saturated heterocycles. The van der Waals surface area contributed by atoms with Gasteiger partial charge in [0, 0.05) is 29.7 Å². The van der Waals surface area contributed by atoms with E-state index in [0.29, 0.717) is 17.8 Å². The average Bonchev–Trinajstić information content (AvgIpc) is 2.91. The molecule has 0 fully saturated rings. The zero-order valence-corrected chi connectivity index (χ0v) is 14.5. The van der Waals surface area contributed by atoms with E-state index in [4.69, 9.17) is 11.6 Å². The van der Waals surface area contributed by atoms with Gasteiger partial charge in [-0.1, -0.05) is 17.7 Å². The lowest BCUT2D eigenvalue weighted by atomic mass is 10.2. The summed E-state index contributed by atoms with van der Waals surface area (Å²) in [4.78, 5) is 26.7. The number of halogens is 1. The van der Waals surface area contributed by atoms with E-state index >= 15 is 0 Å². The molecule has 1 aromatic heterocycles. The molecule has 2 rings (SSSR count). The van der Waals surface area contributed by atoms with Crippen molar-refractivity contribution in [1.29, 1.82) is 0 Å². The standard InChI is InChI=1S/C16H18ClN3O2S/c1-18-16(22)11-4-3-5-12(8-11)19-15(21)10-20(2)9-13-6-7-14(17)23-13/h3-8H,9-10H2,1-2H3,(H,18,22)(H,19,21). The van der Waals surface area contributed by atoms with E-state index in [1.807, 2.05) is 24.1 Å². The van der Waals surface area contributed by atoms with Crippen molar-refractivity contribution in [2.45, 2.75) is 6.54 Å². The minimum Gasteiger partial charge on any atom is -0.355 e. The van der Waals surface area contributed by atoms with Gasteiger partial charge in [0.25, 0.3) is 5.91 Å². The molecule has 0 spiro atoms. The van der Waals surface area contributed by atoms with Gasteiger partial charge in [0.15, 0.2) is 0 Å². The molecule has 122 valence electrons. The number of hydrogen-bond acceptors (Lipinski definition) is 4. The summed E-state index contributed by atoms with van der Waals surface area (Å²) in [6.07, 6.45) is 0. The maximum Gasteiger partial charge on any atom is 0.251 e. The number of nitrogens with one attached hydrogen (secondary N) is 2. The number of benzene rings is 1. The summed E-state index contributed by atoms with van der Waals surface area (Å²) in [7, 11) is 3.44. The molecular formula is C16H18ClN3O2S. The van der Waals surface area contributed by atoms with Crippen molar-refractivity contribution in [3.63, 3.8) is 0 Å². The summed E-state index contributed by atoms with van der Waals surface area (Å²) in [5.74, 6) is -0.322. The second kappa shape index (κ2) is 8.10. The Labute approximate surface area is 144 Å². The lowest BCUT2D eigenvalue weighted by molar-refractivity contribution is -0.117. The molecule has 23 heavy (non-hydrogen) atoms. The molecule has 5 nitrogen and oxygen atoms in total. The van der Waals surface area contributed by atoms with Gasteiger partial charge in [-0.05, 0) is 37.4 Å². The first-order valence-electron chi connectivity index (χ1n) is 7.02. The van der Waals surface area contributed by atoms with Crippen LogP contribution in [0.2, 0.25) is 4.34 Å². The Bertz CT molecular complexity index is 702. The Morgan fingerprint density at radius 3 is 2.70 bits per heavy atom. The lowest BCUT2D eigenvalue weighted by Crippen LogP contribution is -2.29. The number of nitrogens with zero attached hydrogens (tertiary/aromatic N) is 1. The topological polar surface area (TPSA) is 61.4 Å². The second-order valence-electron chi connectivity index (χ2n) is 5.09. The molecular weight excluding hydrogens is 334 g/mol. The third-order valence-corrected chi connectivity index (χ3v) is 4.32. The molecule has 0 saturated carbocycles. The number of carbonyl (C=O) groups is 2. The molecule has 0 aliphatic rings. The van der Waals surface area contributed by atoms with Crippen LogP contribution in [0.25, 0.3) is 0 Å². The smallest absolute Gasteiger partial charge is 0.251 e. The van der Waals surface area contributed by atoms with Gasteiger partial charge < -0.3 is 10.6 Å². The predicted octanol–water partition coefficient (Wildman–Crippen LogP) is 2.83. The number of anilines is 1. The van der Waals surface area contributed by atoms with Gasteiger partial charge in [-0.15, -0.1) is 11.3 Å². The number of thiophene rings is 1. The highest BCUT2D eigenvalue weighted by Crippen LogP contribution is 2.22. The third kappa shape index (κ3) is 5.35. The van der Waals surface area contributed by atoms with Crippen LogP contribution in [0.15, 0.2) is 36.4 Å². The molecule has 0 unspecified atom stereocenters. The molecule has 2 amide bonds. The van der Waals surface area contributed by atoms with Gasteiger partial charge in [0.2, 0.25) is 5.91 Å². The predicted molar refractivity (Wildman–Crippen MR) is 94.1 cm³/mol. The number of likely N-dealkylation sites (N-methyl/N-ethyl adjacent to an activating group) is 1. The number of rotatable bonds is 6. The first kappa shape index (κ1) is 17.5. The van der Waals surface area contributed by atoms with E-state index in [1.54, 1.807) is 31.3 Å². The molecule has 0 bridgehead atoms. The average molecular weight is 352 g/mol. The maximum absolute atomic E-state index is 12.1. The molecule has 1 heterocycles. The monoisotopic (exact) mass is 351 g/mol. The van der Waals surface area contributed by atoms with Crippen LogP contribution in [0.3, 0.4) is 0 Å². The van der Waals surface area contributed by atoms with Crippen molar-refractivity contribution < 1.29 is 9.59 Å². The normalized spacial score (nSPS) is 10.6. The van der Waals surface area contributed by atoms with Crippen molar-refractivity contribution in [2.75, 3.05) is 26.0 Å². The first-order valence-corrected chi connectivity index (χ1v) is 8.22. The minimum absolute atomic E-state index is 0.135. The van der Waals surface area contributed by atoms with E-state index in [2.05, 4.69) is 10.6 Å². The van der Waals surface area contributed by atoms with Crippen LogP contribution >= 0.6 is 22.9 Å². The highest BCUT2D eigenvalue weighted by atomic mass is 35.5. The zero-order valence-electron chi connectivity index (χ0n) is 12.9. The van der Waals surface area contributed by atoms with Crippen LogP contribution in [-0.2, 0) is 11.3 Å². The van der Waals surface area contributed by atoms with Crippen molar-refractivity contribution in [3.8, 4) is 0 Å². The summed E-state index contributed by atoms with van der Waals surface area (Å²) in [5.41, 5.74) is 1.11. The molecule has 0 aliphatic heterocycles. The quantitative estimate of drug-likeness (QED) is 0.841. The van der Waals surface area contributed by atoms with Crippen LogP contribution in [0, 0.1) is 0 Å². The van der Waals surface area contributed by atoms with Gasteiger partial charge in [-0.25, -0.2) is 0 Å². The van der Waals surface area contributed by atoms with E-state index in [-0.39, 0.29) is 18.4 Å². The fourth-order valence-electron chi connectivity index (χ4n) is 2.09. The van der Waals surface area contributed by atoms with Crippen molar-refractivity contribution in [2.24, 2.45) is 0 Å². The molecule has 2 N–H and O–H groups in total. The summed E-state index contributed by atoms with van der Waals surface area (Å²) in [6.45, 7) is 0.906. The Hall–Kier alpha value is -1.89. The highest BCUT2D eigenvalue weighted by molar-refractivity contribution is 7.16. The summed E-state index contributed by atoms with van der Waals surface area (Å²) in [6, 6.07) is 10.6. The molecule has 0 atom stereocenters. The van der Waals surface area contributed by atoms with Gasteiger partial charge in [0.1, 0.15) is 0 Å². The zero-order chi connectivity index (χ0) is 16.8. The first-order chi connectivity index (χ1) is 11.0. The Morgan fingerprint density at radius 1 is 1.26 bits per heavy atom. The molecule has 1 aromatic carbocycles. The van der Waals surface area contributed by atoms with E-state index in [1.165, 1.54) is 11.3 Å². The van der Waals surface area contributed by atoms with Crippen LogP contribution in [0.5, 0.6) is 0 Å². The van der Waals surface area contributed by atoms with Gasteiger partial charge in [0.05, 0.1) is 10.9 Å². The lowest BCUT2D eigenvalue weighted by Gasteiger charge is -2.15. The summed E-state index contributed by atoms with van der Waals surface area (Å²) < 4.78 is 0.740. The summed E-state index contributed by atoms with van der Waals surface area (Å²) in [5, 5.41) is 5.35. The molecule has 0 radical (unpaired) electrons. The highest BCUT2D eigenvalue weighted by Gasteiger charge is 2.10. The summed E-state index contributed by atoms with van der Waals surface area (Å²) >= 11 is 7.40. The van der Waals surface area contributed by atoms with Crippen LogP contribution in [0.1, 0.15) is 15.2 Å². The Kier molecular flexibility index (Phi) is 6.15. The minimum atomic E-state index is -0.187. The second-order valence-corrected chi connectivity index (χ2v) is 6.89. The van der Waals surface area contributed by atoms with Crippen molar-refractivity contribution in [3.05, 3.63) is 51.2 Å². The van der Waals surface area contributed by atoms with Crippen LogP contribution in [0.4, 0.5) is 5.69 Å². The number of hydrogen-bond donors (Lipinski definition) is 2. The fourth-order valence-corrected chi connectivity index (χ4v) is 3.25. The van der Waals surface area contributed by atoms with Crippen LogP contribution < -0.4 is 10.6 Å². The SMILES string of the molecule is CNC(=O)c1cccc(NC(=O)CN(C)Cc2ccc(Cl)s2)c1. The fraction of sp³-hybridized carbons (Fsp3) is 0.250. The molecule has 0 aliphatic carbocycles. The van der Waals surface area contributed by atoms with E-state index < -0.39 is 0 Å². The van der Waals surface area contributed by atoms with Gasteiger partial charge in [-0.3, -0.25) is 14.5 Å². The Balaban J connectivity index is 1.90. The third-order valence-electron chi connectivity index (χ3n) is 3.10. The van der Waals surface area contributed by atoms with E-state index in [9.17, 15) is 9.59 Å². The molecule has 7 heteroatoms. The van der Waals surface area contributed by atoms with E-state index in [0.717, 1.165) is 9.21 Å². The van der Waals surface area contributed by atoms with Gasteiger partial charge >= 0.3 is 0 Å². The van der Waals surface area contributed by atoms with Crippen molar-refractivity contribution >= 4 is 40.4 Å². The van der Waals surface area contributed by atoms with Crippen molar-refractivity contribution in [1.82, 2.24) is 10.2 Å². The number of amides is 2. The maximum atomic E-state index is 12.1. The van der Waals surface area contributed by atoms with Gasteiger partial charge in [-0.2, -0.15) is 0 Å². The largest absolute Gasteiger partial charge is 0.355 e. The van der Waals surface area contributed by atoms with Crippen LogP contribution in [-0.4, -0.2) is 37.4 Å². The number of carbonyl (C=O) groups excluding carboxylic acids is 2. The molecule has 2 aromatic rings.